The van der Waals surface area contributed by atoms with Gasteiger partial charge in [0.15, 0.2) is 0 Å². The lowest BCUT2D eigenvalue weighted by Gasteiger charge is -2.13. The van der Waals surface area contributed by atoms with Crippen molar-refractivity contribution in [2.24, 2.45) is 5.73 Å². The van der Waals surface area contributed by atoms with Gasteiger partial charge in [-0.25, -0.2) is 0 Å². The van der Waals surface area contributed by atoms with Crippen LogP contribution in [0.25, 0.3) is 0 Å². The second-order valence-corrected chi connectivity index (χ2v) is 5.03. The Bertz CT molecular complexity index is 434. The maximum Gasteiger partial charge on any atom is 0.249 e. The number of hydrogen-bond donors (Lipinski definition) is 2. The van der Waals surface area contributed by atoms with Gasteiger partial charge in [-0.15, -0.1) is 0 Å². The standard InChI is InChI=1S/C15H22N2O2/c1-11-4-2-3-5-12(11)8-9-17-15(18)14-7-6-13(10-16)19-14/h2-5,13-14H,6-10,16H2,1H3,(H,17,18). The van der Waals surface area contributed by atoms with Crippen molar-refractivity contribution in [3.8, 4) is 0 Å². The van der Waals surface area contributed by atoms with E-state index in [4.69, 9.17) is 10.5 Å². The topological polar surface area (TPSA) is 64.4 Å². The minimum atomic E-state index is -0.314. The molecule has 104 valence electrons. The number of nitrogens with two attached hydrogens (primary N) is 1. The predicted molar refractivity (Wildman–Crippen MR) is 74.8 cm³/mol. The fraction of sp³-hybridized carbons (Fsp3) is 0.533. The molecule has 4 heteroatoms. The molecule has 19 heavy (non-hydrogen) atoms. The van der Waals surface area contributed by atoms with E-state index in [0.717, 1.165) is 19.3 Å². The zero-order chi connectivity index (χ0) is 13.7. The van der Waals surface area contributed by atoms with Crippen LogP contribution in [0.3, 0.4) is 0 Å². The number of nitrogens with one attached hydrogen (secondary N) is 1. The predicted octanol–water partition coefficient (Wildman–Crippen LogP) is 1.16. The summed E-state index contributed by atoms with van der Waals surface area (Å²) in [5.74, 6) is -0.00969. The van der Waals surface area contributed by atoms with Crippen molar-refractivity contribution in [2.45, 2.75) is 38.4 Å². The lowest BCUT2D eigenvalue weighted by molar-refractivity contribution is -0.131. The maximum atomic E-state index is 11.9. The van der Waals surface area contributed by atoms with E-state index in [9.17, 15) is 4.79 Å². The number of carbonyl (C=O) groups is 1. The summed E-state index contributed by atoms with van der Waals surface area (Å²) in [6.07, 6.45) is 2.24. The molecule has 0 aromatic heterocycles. The molecule has 0 bridgehead atoms. The molecule has 2 unspecified atom stereocenters. The van der Waals surface area contributed by atoms with Crippen LogP contribution in [0.2, 0.25) is 0 Å². The average molecular weight is 262 g/mol. The van der Waals surface area contributed by atoms with Gasteiger partial charge in [0.05, 0.1) is 6.10 Å². The molecule has 0 spiro atoms. The van der Waals surface area contributed by atoms with E-state index in [-0.39, 0.29) is 18.1 Å². The van der Waals surface area contributed by atoms with Gasteiger partial charge in [0.1, 0.15) is 6.10 Å². The molecule has 1 amide bonds. The second kappa shape index (κ2) is 6.68. The Balaban J connectivity index is 1.74. The molecule has 3 N–H and O–H groups in total. The van der Waals surface area contributed by atoms with Crippen molar-refractivity contribution < 1.29 is 9.53 Å². The Labute approximate surface area is 114 Å². The number of benzene rings is 1. The number of ether oxygens (including phenoxy) is 1. The largest absolute Gasteiger partial charge is 0.364 e. The number of aryl methyl sites for hydroxylation is 1. The zero-order valence-corrected chi connectivity index (χ0v) is 11.4. The van der Waals surface area contributed by atoms with E-state index in [0.29, 0.717) is 13.1 Å². The first kappa shape index (κ1) is 14.0. The van der Waals surface area contributed by atoms with Crippen LogP contribution in [0.4, 0.5) is 0 Å². The molecule has 1 aromatic rings. The molecule has 0 aliphatic carbocycles. The third-order valence-electron chi connectivity index (χ3n) is 3.62. The molecule has 1 aliphatic rings. The van der Waals surface area contributed by atoms with E-state index in [1.165, 1.54) is 11.1 Å². The first-order valence-corrected chi connectivity index (χ1v) is 6.88. The number of carbonyl (C=O) groups excluding carboxylic acids is 1. The van der Waals surface area contributed by atoms with Gasteiger partial charge in [-0.3, -0.25) is 4.79 Å². The Morgan fingerprint density at radius 1 is 1.42 bits per heavy atom. The smallest absolute Gasteiger partial charge is 0.249 e. The lowest BCUT2D eigenvalue weighted by atomic mass is 10.1. The average Bonchev–Trinajstić information content (AvgIpc) is 2.90. The summed E-state index contributed by atoms with van der Waals surface area (Å²) < 4.78 is 5.56. The molecule has 2 atom stereocenters. The first-order valence-electron chi connectivity index (χ1n) is 6.88. The molecule has 2 rings (SSSR count). The molecular formula is C15H22N2O2. The molecular weight excluding hydrogens is 240 g/mol. The highest BCUT2D eigenvalue weighted by Crippen LogP contribution is 2.18. The van der Waals surface area contributed by atoms with Crippen LogP contribution in [0.1, 0.15) is 24.0 Å². The molecule has 1 heterocycles. The summed E-state index contributed by atoms with van der Waals surface area (Å²) in [5, 5.41) is 2.94. The highest BCUT2D eigenvalue weighted by atomic mass is 16.5. The Kier molecular flexibility index (Phi) is 4.93. The van der Waals surface area contributed by atoms with Crippen LogP contribution >= 0.6 is 0 Å². The van der Waals surface area contributed by atoms with Gasteiger partial charge in [0.25, 0.3) is 0 Å². The third kappa shape index (κ3) is 3.78. The molecule has 0 saturated carbocycles. The van der Waals surface area contributed by atoms with Gasteiger partial charge in [-0.2, -0.15) is 0 Å². The van der Waals surface area contributed by atoms with E-state index < -0.39 is 0 Å². The second-order valence-electron chi connectivity index (χ2n) is 5.03. The zero-order valence-electron chi connectivity index (χ0n) is 11.4. The van der Waals surface area contributed by atoms with E-state index in [1.54, 1.807) is 0 Å². The minimum absolute atomic E-state index is 0.00969. The summed E-state index contributed by atoms with van der Waals surface area (Å²) >= 11 is 0. The van der Waals surface area contributed by atoms with Gasteiger partial charge in [0, 0.05) is 13.1 Å². The summed E-state index contributed by atoms with van der Waals surface area (Å²) in [4.78, 5) is 11.9. The molecule has 1 aromatic carbocycles. The monoisotopic (exact) mass is 262 g/mol. The lowest BCUT2D eigenvalue weighted by Crippen LogP contribution is -2.36. The number of hydrogen-bond acceptors (Lipinski definition) is 3. The maximum absolute atomic E-state index is 11.9. The van der Waals surface area contributed by atoms with Crippen LogP contribution in [-0.2, 0) is 16.0 Å². The summed E-state index contributed by atoms with van der Waals surface area (Å²) in [7, 11) is 0. The Morgan fingerprint density at radius 3 is 2.89 bits per heavy atom. The van der Waals surface area contributed by atoms with Gasteiger partial charge >= 0.3 is 0 Å². The number of rotatable bonds is 5. The normalized spacial score (nSPS) is 22.4. The molecule has 1 aliphatic heterocycles. The number of amides is 1. The van der Waals surface area contributed by atoms with Crippen molar-refractivity contribution >= 4 is 5.91 Å². The van der Waals surface area contributed by atoms with Crippen LogP contribution in [0.15, 0.2) is 24.3 Å². The van der Waals surface area contributed by atoms with Gasteiger partial charge in [0.2, 0.25) is 5.91 Å². The third-order valence-corrected chi connectivity index (χ3v) is 3.62. The van der Waals surface area contributed by atoms with Crippen LogP contribution < -0.4 is 11.1 Å². The van der Waals surface area contributed by atoms with Crippen molar-refractivity contribution in [3.05, 3.63) is 35.4 Å². The van der Waals surface area contributed by atoms with Gasteiger partial charge < -0.3 is 15.8 Å². The van der Waals surface area contributed by atoms with Gasteiger partial charge in [-0.1, -0.05) is 24.3 Å². The van der Waals surface area contributed by atoms with Crippen LogP contribution in [0, 0.1) is 6.92 Å². The fourth-order valence-electron chi connectivity index (χ4n) is 2.40. The Hall–Kier alpha value is -1.39. The van der Waals surface area contributed by atoms with E-state index in [2.05, 4.69) is 24.4 Å². The highest BCUT2D eigenvalue weighted by molar-refractivity contribution is 5.81. The van der Waals surface area contributed by atoms with Gasteiger partial charge in [-0.05, 0) is 37.3 Å². The highest BCUT2D eigenvalue weighted by Gasteiger charge is 2.29. The SMILES string of the molecule is Cc1ccccc1CCNC(=O)C1CCC(CN)O1. The van der Waals surface area contributed by atoms with Crippen LogP contribution in [-0.4, -0.2) is 31.2 Å². The van der Waals surface area contributed by atoms with Crippen molar-refractivity contribution in [3.63, 3.8) is 0 Å². The Morgan fingerprint density at radius 2 is 2.21 bits per heavy atom. The van der Waals surface area contributed by atoms with E-state index in [1.807, 2.05) is 12.1 Å². The molecule has 1 fully saturated rings. The summed E-state index contributed by atoms with van der Waals surface area (Å²) in [5.41, 5.74) is 8.07. The van der Waals surface area contributed by atoms with Crippen molar-refractivity contribution in [1.29, 1.82) is 0 Å². The first-order chi connectivity index (χ1) is 9.20. The fourth-order valence-corrected chi connectivity index (χ4v) is 2.40. The molecule has 0 radical (unpaired) electrons. The van der Waals surface area contributed by atoms with Crippen molar-refractivity contribution in [2.75, 3.05) is 13.1 Å². The molecule has 1 saturated heterocycles. The quantitative estimate of drug-likeness (QED) is 0.837. The summed E-state index contributed by atoms with van der Waals surface area (Å²) in [6, 6.07) is 8.23. The van der Waals surface area contributed by atoms with E-state index >= 15 is 0 Å². The van der Waals surface area contributed by atoms with Crippen molar-refractivity contribution in [1.82, 2.24) is 5.32 Å². The summed E-state index contributed by atoms with van der Waals surface area (Å²) in [6.45, 7) is 3.23. The molecule has 4 nitrogen and oxygen atoms in total. The minimum Gasteiger partial charge on any atom is -0.364 e. The van der Waals surface area contributed by atoms with Crippen LogP contribution in [0.5, 0.6) is 0 Å².